The lowest BCUT2D eigenvalue weighted by Crippen LogP contribution is -2.23. The molecule has 0 heterocycles. The summed E-state index contributed by atoms with van der Waals surface area (Å²) in [6.07, 6.45) is 3.15. The summed E-state index contributed by atoms with van der Waals surface area (Å²) in [5.74, 6) is -0.463. The molecule has 1 N–H and O–H groups in total. The molecule has 0 aromatic heterocycles. The van der Waals surface area contributed by atoms with Gasteiger partial charge in [0.1, 0.15) is 11.9 Å². The number of halogens is 2. The average molecular weight is 289 g/mol. The van der Waals surface area contributed by atoms with E-state index in [-0.39, 0.29) is 22.9 Å². The molecule has 0 amide bonds. The number of sulfonamides is 1. The highest BCUT2D eigenvalue weighted by Crippen LogP contribution is 2.14. The van der Waals surface area contributed by atoms with Crippen molar-refractivity contribution in [1.29, 1.82) is 5.26 Å². The molecule has 18 heavy (non-hydrogen) atoms. The van der Waals surface area contributed by atoms with Crippen LogP contribution >= 0.6 is 11.6 Å². The van der Waals surface area contributed by atoms with Crippen molar-refractivity contribution in [1.82, 2.24) is 4.72 Å². The summed E-state index contributed by atoms with van der Waals surface area (Å²) in [5.41, 5.74) is -0.311. The number of hydrogen-bond acceptors (Lipinski definition) is 3. The lowest BCUT2D eigenvalue weighted by Gasteiger charge is -2.05. The fourth-order valence-corrected chi connectivity index (χ4v) is 2.27. The third-order valence-electron chi connectivity index (χ3n) is 2.02. The Bertz CT molecular complexity index is 594. The molecule has 0 fully saturated rings. The molecule has 0 spiro atoms. The first-order valence-corrected chi connectivity index (χ1v) is 6.93. The summed E-state index contributed by atoms with van der Waals surface area (Å²) in [7, 11) is -3.75. The van der Waals surface area contributed by atoms with E-state index in [1.807, 2.05) is 0 Å². The molecule has 0 radical (unpaired) electrons. The summed E-state index contributed by atoms with van der Waals surface area (Å²) in [4.78, 5) is -0.153. The van der Waals surface area contributed by atoms with Crippen molar-refractivity contribution in [3.63, 3.8) is 0 Å². The number of nitriles is 1. The van der Waals surface area contributed by atoms with Gasteiger partial charge in [0.25, 0.3) is 0 Å². The number of rotatable bonds is 5. The van der Waals surface area contributed by atoms with Crippen molar-refractivity contribution >= 4 is 21.6 Å². The van der Waals surface area contributed by atoms with Crippen molar-refractivity contribution in [2.45, 2.75) is 4.90 Å². The zero-order valence-corrected chi connectivity index (χ0v) is 10.8. The first-order valence-electron chi connectivity index (χ1n) is 4.91. The number of benzene rings is 1. The molecule has 96 valence electrons. The quantitative estimate of drug-likeness (QED) is 0.663. The van der Waals surface area contributed by atoms with Crippen molar-refractivity contribution < 1.29 is 12.8 Å². The van der Waals surface area contributed by atoms with E-state index < -0.39 is 15.8 Å². The predicted octanol–water partition coefficient (Wildman–Crippen LogP) is 1.77. The highest BCUT2D eigenvalue weighted by atomic mass is 35.5. The Balaban J connectivity index is 2.92. The maximum absolute atomic E-state index is 13.0. The Labute approximate surface area is 110 Å². The van der Waals surface area contributed by atoms with E-state index in [2.05, 4.69) is 4.72 Å². The molecule has 0 aliphatic rings. The standard InChI is InChI=1S/C11H10ClFN2O2S/c12-5-1-2-6-15-18(16,17)10-3-4-11(13)9(7-10)8-14/h1-4,7,15H,5-6H2/b2-1+. The summed E-state index contributed by atoms with van der Waals surface area (Å²) < 4.78 is 38.9. The van der Waals surface area contributed by atoms with E-state index in [1.165, 1.54) is 0 Å². The number of alkyl halides is 1. The molecule has 0 unspecified atom stereocenters. The summed E-state index contributed by atoms with van der Waals surface area (Å²) >= 11 is 5.38. The van der Waals surface area contributed by atoms with Crippen LogP contribution in [0.1, 0.15) is 5.56 Å². The number of allylic oxidation sites excluding steroid dienone is 1. The Hall–Kier alpha value is -1.42. The topological polar surface area (TPSA) is 70.0 Å². The largest absolute Gasteiger partial charge is 0.240 e. The van der Waals surface area contributed by atoms with Crippen molar-refractivity contribution in [2.24, 2.45) is 0 Å². The van der Waals surface area contributed by atoms with E-state index in [0.717, 1.165) is 18.2 Å². The van der Waals surface area contributed by atoms with Crippen molar-refractivity contribution in [3.05, 3.63) is 41.7 Å². The van der Waals surface area contributed by atoms with Crippen molar-refractivity contribution in [3.8, 4) is 6.07 Å². The van der Waals surface area contributed by atoms with Gasteiger partial charge in [-0.2, -0.15) is 5.26 Å². The first-order chi connectivity index (χ1) is 8.51. The maximum atomic E-state index is 13.0. The molecule has 0 atom stereocenters. The van der Waals surface area contributed by atoms with E-state index in [0.29, 0.717) is 0 Å². The zero-order chi connectivity index (χ0) is 13.6. The Morgan fingerprint density at radius 2 is 2.17 bits per heavy atom. The van der Waals surface area contributed by atoms with Crippen LogP contribution in [0.2, 0.25) is 0 Å². The van der Waals surface area contributed by atoms with Crippen LogP contribution in [-0.2, 0) is 10.0 Å². The van der Waals surface area contributed by atoms with Gasteiger partial charge in [-0.25, -0.2) is 17.5 Å². The van der Waals surface area contributed by atoms with Crippen LogP contribution in [0, 0.1) is 17.1 Å². The highest BCUT2D eigenvalue weighted by molar-refractivity contribution is 7.89. The van der Waals surface area contributed by atoms with Gasteiger partial charge >= 0.3 is 0 Å². The second-order valence-electron chi connectivity index (χ2n) is 3.23. The minimum atomic E-state index is -3.75. The van der Waals surface area contributed by atoms with Crippen LogP contribution in [0.4, 0.5) is 4.39 Å². The van der Waals surface area contributed by atoms with Gasteiger partial charge < -0.3 is 0 Å². The fraction of sp³-hybridized carbons (Fsp3) is 0.182. The molecular weight excluding hydrogens is 279 g/mol. The fourth-order valence-electron chi connectivity index (χ4n) is 1.14. The number of nitrogens with one attached hydrogen (secondary N) is 1. The lowest BCUT2D eigenvalue weighted by molar-refractivity contribution is 0.584. The second kappa shape index (κ2) is 6.50. The number of hydrogen-bond donors (Lipinski definition) is 1. The van der Waals surface area contributed by atoms with Crippen LogP contribution < -0.4 is 4.72 Å². The third kappa shape index (κ3) is 3.81. The Morgan fingerprint density at radius 1 is 1.44 bits per heavy atom. The van der Waals surface area contributed by atoms with E-state index >= 15 is 0 Å². The average Bonchev–Trinajstić information content (AvgIpc) is 2.35. The van der Waals surface area contributed by atoms with Gasteiger partial charge in [-0.05, 0) is 18.2 Å². The lowest BCUT2D eigenvalue weighted by atomic mass is 10.2. The SMILES string of the molecule is N#Cc1cc(S(=O)(=O)NC/C=C/CCl)ccc1F. The monoisotopic (exact) mass is 288 g/mol. The maximum Gasteiger partial charge on any atom is 0.240 e. The van der Waals surface area contributed by atoms with Gasteiger partial charge in [0.05, 0.1) is 10.5 Å². The van der Waals surface area contributed by atoms with Gasteiger partial charge in [0.15, 0.2) is 0 Å². The molecule has 1 aromatic rings. The van der Waals surface area contributed by atoms with Gasteiger partial charge in [0.2, 0.25) is 10.0 Å². The van der Waals surface area contributed by atoms with E-state index in [4.69, 9.17) is 16.9 Å². The van der Waals surface area contributed by atoms with Crippen LogP contribution in [0.15, 0.2) is 35.2 Å². The molecule has 0 saturated heterocycles. The van der Waals surface area contributed by atoms with Crippen LogP contribution in [0.25, 0.3) is 0 Å². The molecular formula is C11H10ClFN2O2S. The molecule has 0 aliphatic heterocycles. The molecule has 0 aliphatic carbocycles. The van der Waals surface area contributed by atoms with Crippen LogP contribution in [0.3, 0.4) is 0 Å². The zero-order valence-electron chi connectivity index (χ0n) is 9.23. The van der Waals surface area contributed by atoms with Crippen molar-refractivity contribution in [2.75, 3.05) is 12.4 Å². The smallest absolute Gasteiger partial charge is 0.207 e. The minimum absolute atomic E-state index is 0.0777. The van der Waals surface area contributed by atoms with Crippen LogP contribution in [0.5, 0.6) is 0 Å². The number of nitrogens with zero attached hydrogens (tertiary/aromatic N) is 1. The Kier molecular flexibility index (Phi) is 5.28. The highest BCUT2D eigenvalue weighted by Gasteiger charge is 2.15. The minimum Gasteiger partial charge on any atom is -0.207 e. The summed E-state index contributed by atoms with van der Waals surface area (Å²) in [6, 6.07) is 4.62. The normalized spacial score (nSPS) is 11.6. The van der Waals surface area contributed by atoms with Gasteiger partial charge in [-0.3, -0.25) is 0 Å². The Morgan fingerprint density at radius 3 is 2.78 bits per heavy atom. The first kappa shape index (κ1) is 14.6. The van der Waals surface area contributed by atoms with Gasteiger partial charge in [-0.15, -0.1) is 11.6 Å². The molecule has 1 rings (SSSR count). The van der Waals surface area contributed by atoms with Gasteiger partial charge in [-0.1, -0.05) is 12.2 Å². The predicted molar refractivity (Wildman–Crippen MR) is 66.2 cm³/mol. The molecule has 1 aromatic carbocycles. The van der Waals surface area contributed by atoms with Crippen LogP contribution in [-0.4, -0.2) is 20.8 Å². The third-order valence-corrected chi connectivity index (χ3v) is 3.61. The molecule has 0 saturated carbocycles. The van der Waals surface area contributed by atoms with Gasteiger partial charge in [0, 0.05) is 12.4 Å². The van der Waals surface area contributed by atoms with E-state index in [9.17, 15) is 12.8 Å². The molecule has 0 bridgehead atoms. The summed E-state index contributed by atoms with van der Waals surface area (Å²) in [5, 5.41) is 8.62. The second-order valence-corrected chi connectivity index (χ2v) is 5.31. The van der Waals surface area contributed by atoms with E-state index in [1.54, 1.807) is 18.2 Å². The summed E-state index contributed by atoms with van der Waals surface area (Å²) in [6.45, 7) is 0.0777. The molecule has 4 nitrogen and oxygen atoms in total. The molecule has 7 heteroatoms.